The minimum Gasteiger partial charge on any atom is -0.347 e. The largest absolute Gasteiger partial charge is 0.347 e. The minimum absolute atomic E-state index is 0.174. The fraction of sp³-hybridized carbons (Fsp3) is 0.100. The summed E-state index contributed by atoms with van der Waals surface area (Å²) in [5.74, 6) is -0.174. The highest BCUT2D eigenvalue weighted by Gasteiger charge is 2.17. The van der Waals surface area contributed by atoms with E-state index in [4.69, 9.17) is 0 Å². The number of carbonyl (C=O) groups excluding carboxylic acids is 1. The summed E-state index contributed by atoms with van der Waals surface area (Å²) in [7, 11) is 1.77. The zero-order chi connectivity index (χ0) is 18.8. The van der Waals surface area contributed by atoms with Crippen molar-refractivity contribution in [1.82, 2.24) is 25.1 Å². The highest BCUT2D eigenvalue weighted by Crippen LogP contribution is 2.23. The van der Waals surface area contributed by atoms with E-state index in [-0.39, 0.29) is 5.91 Å². The van der Waals surface area contributed by atoms with Crippen molar-refractivity contribution in [2.75, 3.05) is 0 Å². The molecule has 4 rings (SSSR count). The van der Waals surface area contributed by atoms with E-state index in [2.05, 4.69) is 36.3 Å². The molecular formula is C20H16BrN5O. The van der Waals surface area contributed by atoms with Gasteiger partial charge in [-0.3, -0.25) is 19.4 Å². The molecule has 1 N–H and O–H groups in total. The Bertz CT molecular complexity index is 1120. The number of rotatable bonds is 4. The molecule has 3 heterocycles. The Kier molecular flexibility index (Phi) is 4.68. The molecule has 0 aliphatic carbocycles. The summed E-state index contributed by atoms with van der Waals surface area (Å²) in [4.78, 5) is 21.3. The van der Waals surface area contributed by atoms with E-state index < -0.39 is 0 Å². The van der Waals surface area contributed by atoms with Gasteiger partial charge in [0.15, 0.2) is 0 Å². The lowest BCUT2D eigenvalue weighted by Crippen LogP contribution is -2.25. The standard InChI is InChI=1S/C20H16BrN5O/c1-26-19(16-5-4-15(21)11-17(16)25-26)20(27)24-12-14-3-2-8-23-18(14)13-6-9-22-10-7-13/h2-11H,12H2,1H3,(H,24,27). The van der Waals surface area contributed by atoms with Crippen molar-refractivity contribution >= 4 is 32.7 Å². The van der Waals surface area contributed by atoms with Gasteiger partial charge in [-0.1, -0.05) is 22.0 Å². The molecule has 0 fully saturated rings. The van der Waals surface area contributed by atoms with Crippen molar-refractivity contribution in [2.24, 2.45) is 7.05 Å². The van der Waals surface area contributed by atoms with Gasteiger partial charge in [-0.25, -0.2) is 0 Å². The number of amides is 1. The third-order valence-corrected chi connectivity index (χ3v) is 4.79. The first-order valence-corrected chi connectivity index (χ1v) is 9.17. The highest BCUT2D eigenvalue weighted by molar-refractivity contribution is 9.10. The summed E-state index contributed by atoms with van der Waals surface area (Å²) in [5, 5.41) is 8.23. The van der Waals surface area contributed by atoms with Crippen molar-refractivity contribution in [3.05, 3.63) is 76.8 Å². The SMILES string of the molecule is Cn1nc2cc(Br)ccc2c1C(=O)NCc1cccnc1-c1ccncc1. The maximum absolute atomic E-state index is 12.8. The molecule has 0 atom stereocenters. The van der Waals surface area contributed by atoms with E-state index in [0.29, 0.717) is 12.2 Å². The first-order chi connectivity index (χ1) is 13.1. The van der Waals surface area contributed by atoms with Crippen LogP contribution in [0.3, 0.4) is 0 Å². The Morgan fingerprint density at radius 1 is 1.15 bits per heavy atom. The third-order valence-electron chi connectivity index (χ3n) is 4.30. The van der Waals surface area contributed by atoms with Crippen LogP contribution in [0.5, 0.6) is 0 Å². The second kappa shape index (κ2) is 7.28. The average molecular weight is 422 g/mol. The lowest BCUT2D eigenvalue weighted by atomic mass is 10.1. The lowest BCUT2D eigenvalue weighted by Gasteiger charge is -2.10. The first kappa shape index (κ1) is 17.4. The quantitative estimate of drug-likeness (QED) is 0.544. The molecule has 7 heteroatoms. The Balaban J connectivity index is 1.60. The third kappa shape index (κ3) is 3.46. The summed E-state index contributed by atoms with van der Waals surface area (Å²) in [6.07, 6.45) is 5.20. The first-order valence-electron chi connectivity index (χ1n) is 8.38. The Labute approximate surface area is 164 Å². The number of benzene rings is 1. The molecule has 27 heavy (non-hydrogen) atoms. The van der Waals surface area contributed by atoms with Gasteiger partial charge in [0.25, 0.3) is 5.91 Å². The fourth-order valence-corrected chi connectivity index (χ4v) is 3.40. The molecular weight excluding hydrogens is 406 g/mol. The number of halogens is 1. The van der Waals surface area contributed by atoms with Gasteiger partial charge in [0.2, 0.25) is 0 Å². The molecule has 0 spiro atoms. The molecule has 0 aliphatic rings. The predicted molar refractivity (Wildman–Crippen MR) is 107 cm³/mol. The molecule has 0 bridgehead atoms. The number of aryl methyl sites for hydroxylation is 1. The molecule has 6 nitrogen and oxygen atoms in total. The molecule has 0 saturated carbocycles. The number of hydrogen-bond acceptors (Lipinski definition) is 4. The monoisotopic (exact) mass is 421 g/mol. The molecule has 0 aliphatic heterocycles. The van der Waals surface area contributed by atoms with Crippen molar-refractivity contribution in [1.29, 1.82) is 0 Å². The molecule has 1 aromatic carbocycles. The van der Waals surface area contributed by atoms with Crippen molar-refractivity contribution in [3.8, 4) is 11.3 Å². The molecule has 0 saturated heterocycles. The summed E-state index contributed by atoms with van der Waals surface area (Å²) in [6.45, 7) is 0.369. The Hall–Kier alpha value is -3.06. The van der Waals surface area contributed by atoms with E-state index in [1.54, 1.807) is 30.3 Å². The Morgan fingerprint density at radius 3 is 2.78 bits per heavy atom. The summed E-state index contributed by atoms with van der Waals surface area (Å²) < 4.78 is 2.54. The number of fused-ring (bicyclic) bond motifs is 1. The second-order valence-corrected chi connectivity index (χ2v) is 6.98. The van der Waals surface area contributed by atoms with Crippen LogP contribution in [0.25, 0.3) is 22.2 Å². The molecule has 1 amide bonds. The second-order valence-electron chi connectivity index (χ2n) is 6.06. The van der Waals surface area contributed by atoms with Crippen molar-refractivity contribution in [2.45, 2.75) is 6.54 Å². The zero-order valence-electron chi connectivity index (χ0n) is 14.6. The van der Waals surface area contributed by atoms with Crippen molar-refractivity contribution in [3.63, 3.8) is 0 Å². The van der Waals surface area contributed by atoms with Crippen LogP contribution in [0.15, 0.2) is 65.5 Å². The van der Waals surface area contributed by atoms with E-state index in [1.807, 2.05) is 42.5 Å². The summed E-state index contributed by atoms with van der Waals surface area (Å²) in [6, 6.07) is 13.3. The van der Waals surface area contributed by atoms with Crippen LogP contribution in [0.4, 0.5) is 0 Å². The molecule has 4 aromatic rings. The van der Waals surface area contributed by atoms with Gasteiger partial charge in [0.05, 0.1) is 11.2 Å². The van der Waals surface area contributed by atoms with Gasteiger partial charge < -0.3 is 5.32 Å². The lowest BCUT2D eigenvalue weighted by molar-refractivity contribution is 0.0943. The normalized spacial score (nSPS) is 10.9. The van der Waals surface area contributed by atoms with Gasteiger partial charge >= 0.3 is 0 Å². The van der Waals surface area contributed by atoms with Crippen LogP contribution in [-0.4, -0.2) is 25.7 Å². The fourth-order valence-electron chi connectivity index (χ4n) is 3.05. The van der Waals surface area contributed by atoms with Gasteiger partial charge in [-0.2, -0.15) is 5.10 Å². The number of nitrogens with one attached hydrogen (secondary N) is 1. The van der Waals surface area contributed by atoms with E-state index >= 15 is 0 Å². The molecule has 0 unspecified atom stereocenters. The van der Waals surface area contributed by atoms with Crippen LogP contribution in [-0.2, 0) is 13.6 Å². The number of nitrogens with zero attached hydrogens (tertiary/aromatic N) is 4. The van der Waals surface area contributed by atoms with Gasteiger partial charge in [0.1, 0.15) is 5.69 Å². The highest BCUT2D eigenvalue weighted by atomic mass is 79.9. The smallest absolute Gasteiger partial charge is 0.270 e. The van der Waals surface area contributed by atoms with Gasteiger partial charge in [-0.15, -0.1) is 0 Å². The van der Waals surface area contributed by atoms with Crippen LogP contribution >= 0.6 is 15.9 Å². The van der Waals surface area contributed by atoms with Crippen LogP contribution in [0, 0.1) is 0 Å². The summed E-state index contributed by atoms with van der Waals surface area (Å²) in [5.41, 5.74) is 4.04. The van der Waals surface area contributed by atoms with Crippen molar-refractivity contribution < 1.29 is 4.79 Å². The Morgan fingerprint density at radius 2 is 1.96 bits per heavy atom. The molecule has 0 radical (unpaired) electrons. The maximum atomic E-state index is 12.8. The van der Waals surface area contributed by atoms with Crippen LogP contribution < -0.4 is 5.32 Å². The van der Waals surface area contributed by atoms with E-state index in [0.717, 1.165) is 32.2 Å². The summed E-state index contributed by atoms with van der Waals surface area (Å²) >= 11 is 3.43. The topological polar surface area (TPSA) is 72.7 Å². The van der Waals surface area contributed by atoms with Gasteiger partial charge in [-0.05, 0) is 42.0 Å². The zero-order valence-corrected chi connectivity index (χ0v) is 16.1. The van der Waals surface area contributed by atoms with Gasteiger partial charge in [0, 0.05) is 47.6 Å². The molecule has 3 aromatic heterocycles. The van der Waals surface area contributed by atoms with E-state index in [1.165, 1.54) is 0 Å². The van der Waals surface area contributed by atoms with Crippen LogP contribution in [0.1, 0.15) is 16.1 Å². The number of pyridine rings is 2. The minimum atomic E-state index is -0.174. The maximum Gasteiger partial charge on any atom is 0.270 e. The average Bonchev–Trinajstić information content (AvgIpc) is 3.02. The molecule has 134 valence electrons. The number of aromatic nitrogens is 4. The van der Waals surface area contributed by atoms with Crippen LogP contribution in [0.2, 0.25) is 0 Å². The van der Waals surface area contributed by atoms with E-state index in [9.17, 15) is 4.79 Å². The number of hydrogen-bond donors (Lipinski definition) is 1. The number of carbonyl (C=O) groups is 1. The predicted octanol–water partition coefficient (Wildman–Crippen LogP) is 3.72.